The van der Waals surface area contributed by atoms with E-state index < -0.39 is 37.3 Å². The van der Waals surface area contributed by atoms with E-state index in [0.717, 1.165) is 0 Å². The topological polar surface area (TPSA) is 115 Å². The van der Waals surface area contributed by atoms with Gasteiger partial charge in [-0.3, -0.25) is 10.1 Å². The third kappa shape index (κ3) is 2.03. The lowest BCUT2D eigenvalue weighted by atomic mass is 10.1. The summed E-state index contributed by atoms with van der Waals surface area (Å²) in [6.45, 7) is 4.93. The summed E-state index contributed by atoms with van der Waals surface area (Å²) in [5, 5.41) is 13.8. The maximum absolute atomic E-state index is 14.4. The van der Waals surface area contributed by atoms with E-state index in [2.05, 4.69) is 15.5 Å². The highest BCUT2D eigenvalue weighted by Crippen LogP contribution is 2.64. The van der Waals surface area contributed by atoms with Crippen molar-refractivity contribution in [3.05, 3.63) is 0 Å². The van der Waals surface area contributed by atoms with Gasteiger partial charge in [-0.05, 0) is 0 Å². The van der Waals surface area contributed by atoms with Crippen LogP contribution in [0.15, 0.2) is 4.34 Å². The van der Waals surface area contributed by atoms with Gasteiger partial charge < -0.3 is 0 Å². The fourth-order valence-corrected chi connectivity index (χ4v) is 3.34. The number of carbonyl (C=O) groups is 1. The number of sulfonamides is 1. The molecule has 0 saturated heterocycles. The van der Waals surface area contributed by atoms with Crippen molar-refractivity contribution in [1.29, 1.82) is 0 Å². The van der Waals surface area contributed by atoms with Crippen LogP contribution in [-0.2, 0) is 14.8 Å². The second-order valence-electron chi connectivity index (χ2n) is 5.03. The average Bonchev–Trinajstić information content (AvgIpc) is 2.70. The molecule has 1 aromatic heterocycles. The Morgan fingerprint density at radius 3 is 2.37 bits per heavy atom. The van der Waals surface area contributed by atoms with Crippen LogP contribution in [0.4, 0.5) is 9.52 Å². The highest BCUT2D eigenvalue weighted by molar-refractivity contribution is 7.91. The number of amides is 1. The molecule has 0 spiro atoms. The van der Waals surface area contributed by atoms with Gasteiger partial charge in [0.2, 0.25) is 9.47 Å². The fourth-order valence-electron chi connectivity index (χ4n) is 2.01. The number of hydrogen-bond acceptors (Lipinski definition) is 6. The van der Waals surface area contributed by atoms with Crippen LogP contribution in [0.2, 0.25) is 0 Å². The van der Waals surface area contributed by atoms with Gasteiger partial charge in [-0.1, -0.05) is 32.1 Å². The van der Waals surface area contributed by atoms with Crippen LogP contribution in [0, 0.1) is 11.3 Å². The molecule has 2 unspecified atom stereocenters. The average molecular weight is 308 g/mol. The van der Waals surface area contributed by atoms with Crippen LogP contribution >= 0.6 is 11.3 Å². The number of hydrogen-bond donors (Lipinski definition) is 2. The minimum absolute atomic E-state index is 0.0963. The predicted octanol–water partition coefficient (Wildman–Crippen LogP) is 0.508. The van der Waals surface area contributed by atoms with Gasteiger partial charge in [-0.2, -0.15) is 0 Å². The van der Waals surface area contributed by atoms with E-state index in [4.69, 9.17) is 5.14 Å². The van der Waals surface area contributed by atoms with Crippen LogP contribution in [0.25, 0.3) is 0 Å². The van der Waals surface area contributed by atoms with Crippen molar-refractivity contribution in [3.8, 4) is 0 Å². The zero-order valence-corrected chi connectivity index (χ0v) is 12.1. The van der Waals surface area contributed by atoms with E-state index in [9.17, 15) is 17.6 Å². The molecular weight excluding hydrogens is 295 g/mol. The zero-order chi connectivity index (χ0) is 14.6. The van der Waals surface area contributed by atoms with Crippen LogP contribution in [0.1, 0.15) is 20.8 Å². The highest BCUT2D eigenvalue weighted by atomic mass is 32.2. The number of nitrogens with one attached hydrogen (secondary N) is 1. The Morgan fingerprint density at radius 1 is 1.47 bits per heavy atom. The van der Waals surface area contributed by atoms with Gasteiger partial charge in [0, 0.05) is 11.3 Å². The molecule has 1 saturated carbocycles. The molecule has 106 valence electrons. The Kier molecular flexibility index (Phi) is 2.96. The Labute approximate surface area is 113 Å². The maximum atomic E-state index is 14.4. The molecule has 10 heteroatoms. The zero-order valence-electron chi connectivity index (χ0n) is 10.5. The molecule has 3 N–H and O–H groups in total. The highest BCUT2D eigenvalue weighted by Gasteiger charge is 2.75. The first kappa shape index (κ1) is 14.3. The molecule has 0 aliphatic heterocycles. The quantitative estimate of drug-likeness (QED) is 0.789. The molecular formula is C9H13FN4O3S2. The summed E-state index contributed by atoms with van der Waals surface area (Å²) in [5.41, 5.74) is -2.75. The molecule has 7 nitrogen and oxygen atoms in total. The van der Waals surface area contributed by atoms with Gasteiger partial charge in [0.05, 0.1) is 0 Å². The summed E-state index contributed by atoms with van der Waals surface area (Å²) in [7, 11) is -3.97. The predicted molar refractivity (Wildman–Crippen MR) is 66.7 cm³/mol. The van der Waals surface area contributed by atoms with Crippen molar-refractivity contribution in [1.82, 2.24) is 10.2 Å². The minimum Gasteiger partial charge on any atom is -0.298 e. The van der Waals surface area contributed by atoms with Crippen molar-refractivity contribution in [3.63, 3.8) is 0 Å². The molecule has 1 heterocycles. The lowest BCUT2D eigenvalue weighted by molar-refractivity contribution is -0.123. The number of carbonyl (C=O) groups excluding carboxylic acids is 1. The van der Waals surface area contributed by atoms with Crippen LogP contribution in [-0.4, -0.2) is 30.2 Å². The maximum Gasteiger partial charge on any atom is 0.267 e. The summed E-state index contributed by atoms with van der Waals surface area (Å²) in [6, 6.07) is 0. The second kappa shape index (κ2) is 3.93. The standard InChI is InChI=1S/C9H13FN4O3S2/c1-4-8(2,3)9(4,10)5(15)12-6-13-14-7(18-6)19(11,16)17/h4H,1-3H3,(H2,11,16,17)(H,12,13,15). The number of nitrogens with zero attached hydrogens (tertiary/aromatic N) is 2. The first-order valence-corrected chi connectivity index (χ1v) is 7.74. The van der Waals surface area contributed by atoms with E-state index in [1.54, 1.807) is 20.8 Å². The van der Waals surface area contributed by atoms with Crippen LogP contribution in [0.5, 0.6) is 0 Å². The SMILES string of the molecule is CC1C(C)(C)C1(F)C(=O)Nc1nnc(S(N)(=O)=O)s1. The number of primary sulfonamides is 1. The molecule has 2 rings (SSSR count). The van der Waals surface area contributed by atoms with Gasteiger partial charge >= 0.3 is 0 Å². The van der Waals surface area contributed by atoms with Crippen LogP contribution < -0.4 is 10.5 Å². The van der Waals surface area contributed by atoms with Crippen molar-refractivity contribution >= 4 is 32.4 Å². The fraction of sp³-hybridized carbons (Fsp3) is 0.667. The molecule has 0 aromatic carbocycles. The normalized spacial score (nSPS) is 29.0. The molecule has 1 aromatic rings. The largest absolute Gasteiger partial charge is 0.298 e. The molecule has 1 fully saturated rings. The van der Waals surface area contributed by atoms with Gasteiger partial charge in [0.1, 0.15) is 0 Å². The molecule has 19 heavy (non-hydrogen) atoms. The molecule has 1 aliphatic carbocycles. The summed E-state index contributed by atoms with van der Waals surface area (Å²) in [4.78, 5) is 11.9. The summed E-state index contributed by atoms with van der Waals surface area (Å²) < 4.78 is 36.0. The van der Waals surface area contributed by atoms with Gasteiger partial charge in [0.25, 0.3) is 15.9 Å². The van der Waals surface area contributed by atoms with Gasteiger partial charge in [-0.15, -0.1) is 10.2 Å². The molecule has 0 bridgehead atoms. The Bertz CT molecular complexity index is 642. The number of aromatic nitrogens is 2. The lowest BCUT2D eigenvalue weighted by Crippen LogP contribution is -2.30. The van der Waals surface area contributed by atoms with Gasteiger partial charge in [-0.25, -0.2) is 17.9 Å². The van der Waals surface area contributed by atoms with E-state index >= 15 is 0 Å². The van der Waals surface area contributed by atoms with Crippen molar-refractivity contribution in [2.45, 2.75) is 30.8 Å². The monoisotopic (exact) mass is 308 g/mol. The number of anilines is 1. The Morgan fingerprint density at radius 2 is 2.00 bits per heavy atom. The number of nitrogens with two attached hydrogens (primary N) is 1. The van der Waals surface area contributed by atoms with Gasteiger partial charge in [0.15, 0.2) is 5.67 Å². The third-order valence-corrected chi connectivity index (χ3v) is 5.88. The van der Waals surface area contributed by atoms with E-state index in [1.807, 2.05) is 0 Å². The number of halogens is 1. The smallest absolute Gasteiger partial charge is 0.267 e. The molecule has 1 aliphatic rings. The van der Waals surface area contributed by atoms with E-state index in [-0.39, 0.29) is 5.13 Å². The lowest BCUT2D eigenvalue weighted by Gasteiger charge is -2.09. The van der Waals surface area contributed by atoms with Crippen molar-refractivity contribution < 1.29 is 17.6 Å². The third-order valence-electron chi connectivity index (χ3n) is 3.73. The summed E-state index contributed by atoms with van der Waals surface area (Å²) in [5.74, 6) is -1.27. The Balaban J connectivity index is 2.16. The number of rotatable bonds is 3. The minimum atomic E-state index is -3.97. The summed E-state index contributed by atoms with van der Waals surface area (Å²) in [6.07, 6.45) is 0. The number of alkyl halides is 1. The molecule has 2 atom stereocenters. The second-order valence-corrected chi connectivity index (χ2v) is 7.74. The van der Waals surface area contributed by atoms with Crippen molar-refractivity contribution in [2.24, 2.45) is 16.5 Å². The van der Waals surface area contributed by atoms with Crippen LogP contribution in [0.3, 0.4) is 0 Å². The van der Waals surface area contributed by atoms with Crippen molar-refractivity contribution in [2.75, 3.05) is 5.32 Å². The van der Waals surface area contributed by atoms with E-state index in [1.165, 1.54) is 0 Å². The molecule has 0 radical (unpaired) electrons. The van der Waals surface area contributed by atoms with E-state index in [0.29, 0.717) is 11.3 Å². The summed E-state index contributed by atoms with van der Waals surface area (Å²) >= 11 is 0.580. The Hall–Kier alpha value is -1.13. The molecule has 1 amide bonds. The first-order chi connectivity index (χ1) is 8.51. The first-order valence-electron chi connectivity index (χ1n) is 5.38.